The van der Waals surface area contributed by atoms with Gasteiger partial charge in [-0.15, -0.1) is 0 Å². The van der Waals surface area contributed by atoms with Gasteiger partial charge in [-0.3, -0.25) is 19.7 Å². The van der Waals surface area contributed by atoms with Crippen molar-refractivity contribution in [1.82, 2.24) is 5.32 Å². The van der Waals surface area contributed by atoms with E-state index in [1.165, 1.54) is 20.3 Å². The van der Waals surface area contributed by atoms with Gasteiger partial charge in [0.25, 0.3) is 0 Å². The van der Waals surface area contributed by atoms with Crippen LogP contribution in [0.25, 0.3) is 0 Å². The average molecular weight is 469 g/mol. The highest BCUT2D eigenvalue weighted by Crippen LogP contribution is 2.53. The SMILES string of the molecule is COc1ccc(N2C(=O)[C@@H]3[C@H](c4ccc(OC)cc4O)N[C@](CC(C)C)(C(=O)O)[C@H]3C2=O)cc1. The lowest BCUT2D eigenvalue weighted by Crippen LogP contribution is -2.56. The number of carbonyl (C=O) groups excluding carboxylic acids is 2. The highest BCUT2D eigenvalue weighted by Gasteiger charge is 2.68. The predicted molar refractivity (Wildman–Crippen MR) is 123 cm³/mol. The Morgan fingerprint density at radius 1 is 1.06 bits per heavy atom. The number of carboxylic acids is 1. The Kier molecular flexibility index (Phi) is 5.99. The standard InChI is InChI=1S/C25H28N2O7/c1-13(2)12-25(24(31)32)20-19(21(26-25)17-10-9-16(34-4)11-18(17)28)22(29)27(23(20)30)14-5-7-15(33-3)8-6-14/h5-11,13,19-21,26,28H,12H2,1-4H3,(H,31,32)/t19-,20+,21-,25-/m0/s1. The van der Waals surface area contributed by atoms with Gasteiger partial charge in [0.05, 0.1) is 31.7 Å². The van der Waals surface area contributed by atoms with E-state index in [1.807, 2.05) is 13.8 Å². The molecule has 2 fully saturated rings. The Labute approximate surface area is 197 Å². The van der Waals surface area contributed by atoms with Crippen molar-refractivity contribution in [3.8, 4) is 17.2 Å². The van der Waals surface area contributed by atoms with E-state index in [4.69, 9.17) is 9.47 Å². The monoisotopic (exact) mass is 468 g/mol. The summed E-state index contributed by atoms with van der Waals surface area (Å²) in [5, 5.41) is 24.2. The second-order valence-corrected chi connectivity index (χ2v) is 9.13. The largest absolute Gasteiger partial charge is 0.507 e. The summed E-state index contributed by atoms with van der Waals surface area (Å²) in [6, 6.07) is 10.2. The summed E-state index contributed by atoms with van der Waals surface area (Å²) in [4.78, 5) is 41.2. The van der Waals surface area contributed by atoms with Crippen molar-refractivity contribution in [1.29, 1.82) is 0 Å². The van der Waals surface area contributed by atoms with Gasteiger partial charge >= 0.3 is 5.97 Å². The maximum Gasteiger partial charge on any atom is 0.324 e. The number of hydrogen-bond acceptors (Lipinski definition) is 7. The summed E-state index contributed by atoms with van der Waals surface area (Å²) >= 11 is 0. The van der Waals surface area contributed by atoms with Crippen LogP contribution in [0.2, 0.25) is 0 Å². The molecule has 0 radical (unpaired) electrons. The Hall–Kier alpha value is -3.59. The summed E-state index contributed by atoms with van der Waals surface area (Å²) in [5.74, 6) is -3.70. The van der Waals surface area contributed by atoms with Crippen molar-refractivity contribution >= 4 is 23.5 Å². The molecule has 2 aromatic rings. The number of aliphatic carboxylic acids is 1. The summed E-state index contributed by atoms with van der Waals surface area (Å²) < 4.78 is 10.3. The Morgan fingerprint density at radius 2 is 1.68 bits per heavy atom. The van der Waals surface area contributed by atoms with Crippen LogP contribution in [0, 0.1) is 17.8 Å². The first-order chi connectivity index (χ1) is 16.1. The van der Waals surface area contributed by atoms with Crippen LogP contribution < -0.4 is 19.7 Å². The number of phenolic OH excluding ortho intramolecular Hbond substituents is 1. The minimum absolute atomic E-state index is 0.0783. The molecule has 0 unspecified atom stereocenters. The zero-order chi connectivity index (χ0) is 24.8. The van der Waals surface area contributed by atoms with Gasteiger partial charge in [0.15, 0.2) is 0 Å². The topological polar surface area (TPSA) is 125 Å². The maximum atomic E-state index is 13.7. The van der Waals surface area contributed by atoms with Crippen molar-refractivity contribution < 1.29 is 34.1 Å². The highest BCUT2D eigenvalue weighted by atomic mass is 16.5. The molecule has 9 nitrogen and oxygen atoms in total. The lowest BCUT2D eigenvalue weighted by atomic mass is 9.75. The summed E-state index contributed by atoms with van der Waals surface area (Å²) in [6.45, 7) is 3.73. The number of aromatic hydroxyl groups is 1. The molecule has 2 amide bonds. The minimum Gasteiger partial charge on any atom is -0.507 e. The number of nitrogens with zero attached hydrogens (tertiary/aromatic N) is 1. The molecule has 0 spiro atoms. The molecule has 9 heteroatoms. The first-order valence-corrected chi connectivity index (χ1v) is 11.0. The van der Waals surface area contributed by atoms with Gasteiger partial charge in [0.2, 0.25) is 11.8 Å². The maximum absolute atomic E-state index is 13.7. The fourth-order valence-electron chi connectivity index (χ4n) is 5.28. The Balaban J connectivity index is 1.85. The quantitative estimate of drug-likeness (QED) is 0.530. The number of amides is 2. The summed E-state index contributed by atoms with van der Waals surface area (Å²) in [5.41, 5.74) is -1.00. The Bertz CT molecular complexity index is 1130. The molecule has 2 aliphatic rings. The van der Waals surface area contributed by atoms with E-state index in [9.17, 15) is 24.6 Å². The molecular weight excluding hydrogens is 440 g/mol. The highest BCUT2D eigenvalue weighted by molar-refractivity contribution is 6.24. The minimum atomic E-state index is -1.68. The number of hydrogen-bond donors (Lipinski definition) is 3. The number of imide groups is 1. The van der Waals surface area contributed by atoms with Gasteiger partial charge in [-0.2, -0.15) is 0 Å². The van der Waals surface area contributed by atoms with Gasteiger partial charge in [-0.05, 0) is 42.7 Å². The fourth-order valence-corrected chi connectivity index (χ4v) is 5.28. The van der Waals surface area contributed by atoms with Crippen LogP contribution in [-0.4, -0.2) is 47.8 Å². The van der Waals surface area contributed by atoms with E-state index in [2.05, 4.69) is 5.32 Å². The van der Waals surface area contributed by atoms with Crippen molar-refractivity contribution in [2.45, 2.75) is 31.8 Å². The lowest BCUT2D eigenvalue weighted by Gasteiger charge is -2.32. The number of phenols is 1. The Morgan fingerprint density at radius 3 is 2.21 bits per heavy atom. The van der Waals surface area contributed by atoms with Gasteiger partial charge < -0.3 is 19.7 Å². The van der Waals surface area contributed by atoms with Crippen LogP contribution in [0.3, 0.4) is 0 Å². The normalized spacial score (nSPS) is 26.1. The van der Waals surface area contributed by atoms with Gasteiger partial charge in [0.1, 0.15) is 22.8 Å². The summed E-state index contributed by atoms with van der Waals surface area (Å²) in [7, 11) is 2.97. The third kappa shape index (κ3) is 3.56. The van der Waals surface area contributed by atoms with Gasteiger partial charge in [0, 0.05) is 17.7 Å². The van der Waals surface area contributed by atoms with Crippen LogP contribution in [0.15, 0.2) is 42.5 Å². The average Bonchev–Trinajstić information content (AvgIpc) is 3.27. The smallest absolute Gasteiger partial charge is 0.324 e. The molecule has 4 atom stereocenters. The summed E-state index contributed by atoms with van der Waals surface area (Å²) in [6.07, 6.45) is 0.131. The van der Waals surface area contributed by atoms with Crippen LogP contribution in [0.4, 0.5) is 5.69 Å². The predicted octanol–water partition coefficient (Wildman–Crippen LogP) is 2.73. The molecular formula is C25H28N2O7. The number of benzene rings is 2. The van der Waals surface area contributed by atoms with Crippen LogP contribution >= 0.6 is 0 Å². The number of rotatable bonds is 7. The molecule has 0 aromatic heterocycles. The molecule has 2 saturated heterocycles. The van der Waals surface area contributed by atoms with Crippen molar-refractivity contribution in [3.05, 3.63) is 48.0 Å². The zero-order valence-electron chi connectivity index (χ0n) is 19.4. The number of methoxy groups -OCH3 is 2. The lowest BCUT2D eigenvalue weighted by molar-refractivity contribution is -0.149. The molecule has 2 aromatic carbocycles. The first kappa shape index (κ1) is 23.6. The van der Waals surface area contributed by atoms with E-state index in [-0.39, 0.29) is 18.1 Å². The second kappa shape index (κ2) is 8.64. The van der Waals surface area contributed by atoms with E-state index in [0.717, 1.165) is 4.90 Å². The van der Waals surface area contributed by atoms with E-state index in [1.54, 1.807) is 36.4 Å². The second-order valence-electron chi connectivity index (χ2n) is 9.13. The van der Waals surface area contributed by atoms with Crippen molar-refractivity contribution in [2.75, 3.05) is 19.1 Å². The number of carboxylic acid groups (broad SMARTS) is 1. The molecule has 2 aliphatic heterocycles. The van der Waals surface area contributed by atoms with Crippen molar-refractivity contribution in [3.63, 3.8) is 0 Å². The van der Waals surface area contributed by atoms with E-state index >= 15 is 0 Å². The molecule has 4 rings (SSSR count). The number of nitrogens with one attached hydrogen (secondary N) is 1. The van der Waals surface area contributed by atoms with Crippen LogP contribution in [0.5, 0.6) is 17.2 Å². The molecule has 3 N–H and O–H groups in total. The molecule has 34 heavy (non-hydrogen) atoms. The third-order valence-corrected chi connectivity index (χ3v) is 6.67. The van der Waals surface area contributed by atoms with Gasteiger partial charge in [-0.1, -0.05) is 19.9 Å². The molecule has 0 saturated carbocycles. The van der Waals surface area contributed by atoms with Crippen molar-refractivity contribution in [2.24, 2.45) is 17.8 Å². The van der Waals surface area contributed by atoms with Crippen LogP contribution in [0.1, 0.15) is 31.9 Å². The number of ether oxygens (including phenoxy) is 2. The molecule has 0 bridgehead atoms. The third-order valence-electron chi connectivity index (χ3n) is 6.67. The van der Waals surface area contributed by atoms with Gasteiger partial charge in [-0.25, -0.2) is 4.90 Å². The molecule has 180 valence electrons. The fraction of sp³-hybridized carbons (Fsp3) is 0.400. The first-order valence-electron chi connectivity index (χ1n) is 11.0. The number of fused-ring (bicyclic) bond motifs is 1. The molecule has 0 aliphatic carbocycles. The number of anilines is 1. The molecule has 2 heterocycles. The van der Waals surface area contributed by atoms with E-state index in [0.29, 0.717) is 22.7 Å². The zero-order valence-corrected chi connectivity index (χ0v) is 19.4. The van der Waals surface area contributed by atoms with Crippen LogP contribution in [-0.2, 0) is 14.4 Å². The number of carbonyl (C=O) groups is 3. The van der Waals surface area contributed by atoms with E-state index < -0.39 is 41.2 Å².